The van der Waals surface area contributed by atoms with Crippen LogP contribution in [0.5, 0.6) is 0 Å². The second-order valence-corrected chi connectivity index (χ2v) is 5.77. The summed E-state index contributed by atoms with van der Waals surface area (Å²) in [6, 6.07) is 9.09. The van der Waals surface area contributed by atoms with Crippen LogP contribution >= 0.6 is 0 Å². The van der Waals surface area contributed by atoms with Gasteiger partial charge >= 0.3 is 5.97 Å². The third-order valence-corrected chi connectivity index (χ3v) is 4.44. The normalized spacial score (nSPS) is 23.5. The van der Waals surface area contributed by atoms with Gasteiger partial charge in [-0.1, -0.05) is 18.2 Å². The van der Waals surface area contributed by atoms with Gasteiger partial charge in [0.25, 0.3) is 5.91 Å². The Morgan fingerprint density at radius 3 is 2.91 bits per heavy atom. The van der Waals surface area contributed by atoms with Crippen molar-refractivity contribution in [1.82, 2.24) is 4.90 Å². The van der Waals surface area contributed by atoms with Gasteiger partial charge < -0.3 is 14.1 Å². The molecule has 3 heterocycles. The quantitative estimate of drug-likeness (QED) is 0.759. The zero-order chi connectivity index (χ0) is 15.2. The molecular weight excluding hydrogens is 282 g/mol. The molecular formula is C17H15NO4. The Hall–Kier alpha value is -2.56. The van der Waals surface area contributed by atoms with Crippen LogP contribution in [0.3, 0.4) is 0 Å². The molecule has 1 aromatic heterocycles. The topological polar surface area (TPSA) is 59.8 Å². The van der Waals surface area contributed by atoms with E-state index in [-0.39, 0.29) is 11.9 Å². The van der Waals surface area contributed by atoms with Crippen molar-refractivity contribution in [3.05, 3.63) is 59.5 Å². The molecule has 1 aromatic carbocycles. The lowest BCUT2D eigenvalue weighted by molar-refractivity contribution is -0.0442. The lowest BCUT2D eigenvalue weighted by Gasteiger charge is -2.39. The number of piperidine rings is 1. The van der Waals surface area contributed by atoms with Crippen LogP contribution in [0.25, 0.3) is 0 Å². The molecule has 1 saturated heterocycles. The molecule has 4 rings (SSSR count). The molecule has 112 valence electrons. The summed E-state index contributed by atoms with van der Waals surface area (Å²) in [4.78, 5) is 26.4. The number of nitrogens with zero attached hydrogens (tertiary/aromatic N) is 1. The zero-order valence-electron chi connectivity index (χ0n) is 12.0. The molecule has 0 N–H and O–H groups in total. The van der Waals surface area contributed by atoms with Crippen LogP contribution in [-0.2, 0) is 10.3 Å². The molecule has 0 bridgehead atoms. The summed E-state index contributed by atoms with van der Waals surface area (Å²) in [7, 11) is 0. The monoisotopic (exact) mass is 297 g/mol. The minimum absolute atomic E-state index is 0.0896. The van der Waals surface area contributed by atoms with Gasteiger partial charge in [0.2, 0.25) is 0 Å². The predicted molar refractivity (Wildman–Crippen MR) is 77.4 cm³/mol. The molecule has 22 heavy (non-hydrogen) atoms. The number of likely N-dealkylation sites (tertiary alicyclic amines) is 1. The minimum Gasteiger partial charge on any atom is -0.472 e. The number of furan rings is 1. The standard InChI is InChI=1S/C17H15NO4/c19-15(12-6-9-21-10-12)18-8-3-7-17(11-18)14-5-2-1-4-13(14)16(20)22-17/h1-2,4-6,9-10H,3,7-8,11H2/t17-/m1/s1. The van der Waals surface area contributed by atoms with Crippen molar-refractivity contribution < 1.29 is 18.7 Å². The summed E-state index contributed by atoms with van der Waals surface area (Å²) in [5, 5.41) is 0. The van der Waals surface area contributed by atoms with Gasteiger partial charge in [-0.3, -0.25) is 4.79 Å². The van der Waals surface area contributed by atoms with E-state index in [4.69, 9.17) is 9.15 Å². The van der Waals surface area contributed by atoms with Crippen molar-refractivity contribution in [2.24, 2.45) is 0 Å². The average Bonchev–Trinajstić information content (AvgIpc) is 3.16. The molecule has 1 spiro atoms. The first-order valence-corrected chi connectivity index (χ1v) is 7.34. The fourth-order valence-electron chi connectivity index (χ4n) is 3.41. The molecule has 1 atom stereocenters. The number of fused-ring (bicyclic) bond motifs is 2. The molecule has 5 nitrogen and oxygen atoms in total. The molecule has 2 aliphatic heterocycles. The lowest BCUT2D eigenvalue weighted by atomic mass is 9.85. The summed E-state index contributed by atoms with van der Waals surface area (Å²) in [6.45, 7) is 1.05. The molecule has 2 aromatic rings. The van der Waals surface area contributed by atoms with E-state index >= 15 is 0 Å². The van der Waals surface area contributed by atoms with E-state index in [9.17, 15) is 9.59 Å². The SMILES string of the molecule is O=C1O[C@@]2(CCCN(C(=O)c3ccoc3)C2)c2ccccc21. The van der Waals surface area contributed by atoms with Crippen molar-refractivity contribution >= 4 is 11.9 Å². The zero-order valence-corrected chi connectivity index (χ0v) is 12.0. The van der Waals surface area contributed by atoms with Crippen molar-refractivity contribution in [2.45, 2.75) is 18.4 Å². The lowest BCUT2D eigenvalue weighted by Crippen LogP contribution is -2.48. The molecule has 5 heteroatoms. The first-order valence-electron chi connectivity index (χ1n) is 7.34. The number of carbonyl (C=O) groups excluding carboxylic acids is 2. The number of amides is 1. The number of ether oxygens (including phenoxy) is 1. The number of esters is 1. The van der Waals surface area contributed by atoms with Gasteiger partial charge in [-0.2, -0.15) is 0 Å². The molecule has 0 unspecified atom stereocenters. The maximum atomic E-state index is 12.5. The fraction of sp³-hybridized carbons (Fsp3) is 0.294. The number of hydrogen-bond donors (Lipinski definition) is 0. The Morgan fingerprint density at radius 2 is 2.09 bits per heavy atom. The van der Waals surface area contributed by atoms with Crippen LogP contribution in [0.15, 0.2) is 47.3 Å². The first-order chi connectivity index (χ1) is 10.7. The second kappa shape index (κ2) is 4.73. The largest absolute Gasteiger partial charge is 0.472 e. The maximum absolute atomic E-state index is 12.5. The van der Waals surface area contributed by atoms with Crippen molar-refractivity contribution in [3.8, 4) is 0 Å². The average molecular weight is 297 g/mol. The number of benzene rings is 1. The van der Waals surface area contributed by atoms with E-state index in [0.29, 0.717) is 24.2 Å². The van der Waals surface area contributed by atoms with Gasteiger partial charge in [-0.15, -0.1) is 0 Å². The summed E-state index contributed by atoms with van der Waals surface area (Å²) in [5.41, 5.74) is 1.32. The van der Waals surface area contributed by atoms with Gasteiger partial charge in [0.15, 0.2) is 5.60 Å². The van der Waals surface area contributed by atoms with Crippen LogP contribution in [0.1, 0.15) is 39.1 Å². The molecule has 1 fully saturated rings. The van der Waals surface area contributed by atoms with Gasteiger partial charge in [-0.05, 0) is 25.0 Å². The van der Waals surface area contributed by atoms with E-state index in [1.54, 1.807) is 17.0 Å². The smallest absolute Gasteiger partial charge is 0.339 e. The Balaban J connectivity index is 1.67. The Morgan fingerprint density at radius 1 is 1.23 bits per heavy atom. The van der Waals surface area contributed by atoms with E-state index in [0.717, 1.165) is 18.4 Å². The van der Waals surface area contributed by atoms with Crippen LogP contribution in [0.2, 0.25) is 0 Å². The Bertz CT molecular complexity index is 737. The maximum Gasteiger partial charge on any atom is 0.339 e. The predicted octanol–water partition coefficient (Wildman–Crippen LogP) is 2.58. The highest BCUT2D eigenvalue weighted by Gasteiger charge is 2.48. The van der Waals surface area contributed by atoms with Gasteiger partial charge in [0.05, 0.1) is 23.9 Å². The van der Waals surface area contributed by atoms with Crippen LogP contribution < -0.4 is 0 Å². The van der Waals surface area contributed by atoms with E-state index in [1.807, 2.05) is 18.2 Å². The molecule has 1 amide bonds. The molecule has 0 radical (unpaired) electrons. The molecule has 0 saturated carbocycles. The highest BCUT2D eigenvalue weighted by Crippen LogP contribution is 2.42. The van der Waals surface area contributed by atoms with E-state index in [2.05, 4.69) is 0 Å². The van der Waals surface area contributed by atoms with Gasteiger partial charge in [0.1, 0.15) is 6.26 Å². The van der Waals surface area contributed by atoms with Crippen molar-refractivity contribution in [3.63, 3.8) is 0 Å². The summed E-state index contributed by atoms with van der Waals surface area (Å²) < 4.78 is 10.7. The van der Waals surface area contributed by atoms with Crippen LogP contribution in [-0.4, -0.2) is 29.9 Å². The Kier molecular flexibility index (Phi) is 2.82. The van der Waals surface area contributed by atoms with E-state index < -0.39 is 5.60 Å². The highest BCUT2D eigenvalue weighted by molar-refractivity contribution is 5.96. The van der Waals surface area contributed by atoms with E-state index in [1.165, 1.54) is 12.5 Å². The molecule has 0 aliphatic carbocycles. The number of hydrogen-bond acceptors (Lipinski definition) is 4. The Labute approximate surface area is 127 Å². The van der Waals surface area contributed by atoms with Crippen LogP contribution in [0, 0.1) is 0 Å². The van der Waals surface area contributed by atoms with Crippen LogP contribution in [0.4, 0.5) is 0 Å². The highest BCUT2D eigenvalue weighted by atomic mass is 16.6. The third kappa shape index (κ3) is 1.85. The first kappa shape index (κ1) is 13.1. The van der Waals surface area contributed by atoms with Gasteiger partial charge in [-0.25, -0.2) is 4.79 Å². The third-order valence-electron chi connectivity index (χ3n) is 4.44. The molecule has 2 aliphatic rings. The summed E-state index contributed by atoms with van der Waals surface area (Å²) in [6.07, 6.45) is 4.46. The number of carbonyl (C=O) groups is 2. The van der Waals surface area contributed by atoms with Gasteiger partial charge in [0, 0.05) is 12.1 Å². The second-order valence-electron chi connectivity index (χ2n) is 5.77. The minimum atomic E-state index is -0.703. The van der Waals surface area contributed by atoms with Crippen molar-refractivity contribution in [1.29, 1.82) is 0 Å². The fourth-order valence-corrected chi connectivity index (χ4v) is 3.41. The summed E-state index contributed by atoms with van der Waals surface area (Å²) >= 11 is 0. The number of rotatable bonds is 1. The summed E-state index contributed by atoms with van der Waals surface area (Å²) in [5.74, 6) is -0.388. The van der Waals surface area contributed by atoms with Crippen molar-refractivity contribution in [2.75, 3.05) is 13.1 Å².